The van der Waals surface area contributed by atoms with Crippen molar-refractivity contribution < 1.29 is 4.79 Å². The standard InChI is InChI=1S/C19H17N3O/c1-19(2,13-20)17-6-4-3-5-15(17)10-22-11-16-9-14(12-23)7-8-18(16)21-22/h3-9,11-12H,10H2,1-2H3. The highest BCUT2D eigenvalue weighted by Crippen LogP contribution is 2.26. The summed E-state index contributed by atoms with van der Waals surface area (Å²) in [6, 6.07) is 15.7. The lowest BCUT2D eigenvalue weighted by molar-refractivity contribution is 0.112. The van der Waals surface area contributed by atoms with E-state index in [0.717, 1.165) is 28.3 Å². The van der Waals surface area contributed by atoms with E-state index in [1.54, 1.807) is 6.07 Å². The lowest BCUT2D eigenvalue weighted by Crippen LogP contribution is -2.17. The molecule has 0 fully saturated rings. The number of carbonyl (C=O) groups excluding carboxylic acids is 1. The van der Waals surface area contributed by atoms with Crippen LogP contribution in [0.1, 0.15) is 35.3 Å². The fourth-order valence-electron chi connectivity index (χ4n) is 2.75. The molecule has 0 atom stereocenters. The summed E-state index contributed by atoms with van der Waals surface area (Å²) in [5, 5.41) is 14.9. The summed E-state index contributed by atoms with van der Waals surface area (Å²) in [7, 11) is 0. The Morgan fingerprint density at radius 3 is 2.78 bits per heavy atom. The van der Waals surface area contributed by atoms with Crippen molar-refractivity contribution in [3.63, 3.8) is 0 Å². The molecule has 4 nitrogen and oxygen atoms in total. The van der Waals surface area contributed by atoms with Crippen molar-refractivity contribution in [2.75, 3.05) is 0 Å². The first-order valence-electron chi connectivity index (χ1n) is 7.45. The maximum Gasteiger partial charge on any atom is 0.150 e. The van der Waals surface area contributed by atoms with Gasteiger partial charge in [-0.2, -0.15) is 10.4 Å². The van der Waals surface area contributed by atoms with E-state index in [-0.39, 0.29) is 0 Å². The molecule has 0 aliphatic heterocycles. The second-order valence-corrected chi connectivity index (χ2v) is 6.16. The molecule has 23 heavy (non-hydrogen) atoms. The van der Waals surface area contributed by atoms with E-state index < -0.39 is 5.41 Å². The van der Waals surface area contributed by atoms with E-state index in [4.69, 9.17) is 0 Å². The van der Waals surface area contributed by atoms with Gasteiger partial charge < -0.3 is 0 Å². The lowest BCUT2D eigenvalue weighted by atomic mass is 9.83. The van der Waals surface area contributed by atoms with Crippen LogP contribution in [0.4, 0.5) is 0 Å². The minimum Gasteiger partial charge on any atom is -0.298 e. The normalized spacial score (nSPS) is 11.3. The Hall–Kier alpha value is -2.93. The quantitative estimate of drug-likeness (QED) is 0.690. The summed E-state index contributed by atoms with van der Waals surface area (Å²) in [4.78, 5) is 10.9. The molecule has 2 aromatic carbocycles. The van der Waals surface area contributed by atoms with Crippen molar-refractivity contribution in [1.82, 2.24) is 9.78 Å². The van der Waals surface area contributed by atoms with Gasteiger partial charge in [0.05, 0.1) is 23.5 Å². The fraction of sp³-hybridized carbons (Fsp3) is 0.211. The average molecular weight is 303 g/mol. The molecule has 1 heterocycles. The van der Waals surface area contributed by atoms with Gasteiger partial charge in [0, 0.05) is 17.1 Å². The third-order valence-corrected chi connectivity index (χ3v) is 4.01. The Kier molecular flexibility index (Phi) is 3.71. The molecule has 114 valence electrons. The molecule has 0 spiro atoms. The maximum atomic E-state index is 10.9. The van der Waals surface area contributed by atoms with Crippen LogP contribution in [-0.4, -0.2) is 16.1 Å². The Labute approximate surface area is 135 Å². The second-order valence-electron chi connectivity index (χ2n) is 6.16. The molecule has 0 unspecified atom stereocenters. The Morgan fingerprint density at radius 1 is 1.26 bits per heavy atom. The summed E-state index contributed by atoms with van der Waals surface area (Å²) < 4.78 is 1.85. The van der Waals surface area contributed by atoms with Gasteiger partial charge in [-0.1, -0.05) is 24.3 Å². The van der Waals surface area contributed by atoms with Gasteiger partial charge in [0.15, 0.2) is 0 Å². The molecule has 1 aromatic heterocycles. The van der Waals surface area contributed by atoms with Crippen LogP contribution in [0, 0.1) is 11.3 Å². The average Bonchev–Trinajstić information content (AvgIpc) is 2.96. The van der Waals surface area contributed by atoms with Gasteiger partial charge in [0.2, 0.25) is 0 Å². The van der Waals surface area contributed by atoms with Crippen molar-refractivity contribution in [2.45, 2.75) is 25.8 Å². The number of nitriles is 1. The summed E-state index contributed by atoms with van der Waals surface area (Å²) in [5.41, 5.74) is 3.03. The minimum atomic E-state index is -0.548. The van der Waals surface area contributed by atoms with Crippen LogP contribution in [0.25, 0.3) is 10.9 Å². The van der Waals surface area contributed by atoms with E-state index in [1.165, 1.54) is 0 Å². The molecule has 0 aliphatic carbocycles. The Balaban J connectivity index is 2.00. The first-order valence-corrected chi connectivity index (χ1v) is 7.45. The van der Waals surface area contributed by atoms with Crippen LogP contribution < -0.4 is 0 Å². The fourth-order valence-corrected chi connectivity index (χ4v) is 2.75. The van der Waals surface area contributed by atoms with Gasteiger partial charge in [-0.15, -0.1) is 0 Å². The van der Waals surface area contributed by atoms with Gasteiger partial charge >= 0.3 is 0 Å². The highest BCUT2D eigenvalue weighted by atomic mass is 16.1. The minimum absolute atomic E-state index is 0.548. The van der Waals surface area contributed by atoms with E-state index in [1.807, 2.05) is 61.1 Å². The highest BCUT2D eigenvalue weighted by Gasteiger charge is 2.22. The zero-order chi connectivity index (χ0) is 16.4. The second kappa shape index (κ2) is 5.69. The van der Waals surface area contributed by atoms with E-state index >= 15 is 0 Å². The van der Waals surface area contributed by atoms with Gasteiger partial charge in [-0.05, 0) is 43.2 Å². The molecule has 4 heteroatoms. The van der Waals surface area contributed by atoms with Crippen LogP contribution >= 0.6 is 0 Å². The zero-order valence-corrected chi connectivity index (χ0v) is 13.2. The Bertz CT molecular complexity index is 916. The maximum absolute atomic E-state index is 10.9. The molecular formula is C19H17N3O. The predicted molar refractivity (Wildman–Crippen MR) is 89.3 cm³/mol. The topological polar surface area (TPSA) is 58.7 Å². The number of rotatable bonds is 4. The Morgan fingerprint density at radius 2 is 2.04 bits per heavy atom. The van der Waals surface area contributed by atoms with Crippen LogP contribution in [0.15, 0.2) is 48.7 Å². The number of carbonyl (C=O) groups is 1. The molecule has 0 bridgehead atoms. The van der Waals surface area contributed by atoms with Gasteiger partial charge in [0.1, 0.15) is 6.29 Å². The smallest absolute Gasteiger partial charge is 0.150 e. The van der Waals surface area contributed by atoms with Crippen LogP contribution in [0.3, 0.4) is 0 Å². The summed E-state index contributed by atoms with van der Waals surface area (Å²) >= 11 is 0. The largest absolute Gasteiger partial charge is 0.298 e. The third-order valence-electron chi connectivity index (χ3n) is 4.01. The number of aromatic nitrogens is 2. The molecule has 0 saturated carbocycles. The molecule has 3 rings (SSSR count). The zero-order valence-electron chi connectivity index (χ0n) is 13.2. The van der Waals surface area contributed by atoms with Crippen molar-refractivity contribution in [3.05, 3.63) is 65.4 Å². The molecule has 0 radical (unpaired) electrons. The summed E-state index contributed by atoms with van der Waals surface area (Å²) in [6.07, 6.45) is 2.76. The highest BCUT2D eigenvalue weighted by molar-refractivity contribution is 5.86. The molecule has 0 aliphatic rings. The number of hydrogen-bond donors (Lipinski definition) is 0. The molecule has 0 amide bonds. The molecule has 0 N–H and O–H groups in total. The number of hydrogen-bond acceptors (Lipinski definition) is 3. The van der Waals surface area contributed by atoms with Gasteiger partial charge in [-0.3, -0.25) is 9.48 Å². The van der Waals surface area contributed by atoms with Crippen molar-refractivity contribution in [3.8, 4) is 6.07 Å². The first-order chi connectivity index (χ1) is 11.0. The number of benzene rings is 2. The van der Waals surface area contributed by atoms with Crippen LogP contribution in [-0.2, 0) is 12.0 Å². The number of aldehydes is 1. The summed E-state index contributed by atoms with van der Waals surface area (Å²) in [5.74, 6) is 0. The lowest BCUT2D eigenvalue weighted by Gasteiger charge is -2.20. The number of fused-ring (bicyclic) bond motifs is 1. The molecule has 3 aromatic rings. The van der Waals surface area contributed by atoms with Crippen molar-refractivity contribution in [2.24, 2.45) is 0 Å². The van der Waals surface area contributed by atoms with Crippen LogP contribution in [0.2, 0.25) is 0 Å². The van der Waals surface area contributed by atoms with E-state index in [2.05, 4.69) is 11.2 Å². The predicted octanol–water partition coefficient (Wildman–Crippen LogP) is 3.70. The SMILES string of the molecule is CC(C)(C#N)c1ccccc1Cn1cc2cc(C=O)ccc2n1. The monoisotopic (exact) mass is 303 g/mol. The van der Waals surface area contributed by atoms with E-state index in [9.17, 15) is 10.1 Å². The van der Waals surface area contributed by atoms with Crippen LogP contribution in [0.5, 0.6) is 0 Å². The third kappa shape index (κ3) is 2.86. The first kappa shape index (κ1) is 15.0. The van der Waals surface area contributed by atoms with Gasteiger partial charge in [-0.25, -0.2) is 0 Å². The molecular weight excluding hydrogens is 286 g/mol. The van der Waals surface area contributed by atoms with Crippen molar-refractivity contribution in [1.29, 1.82) is 5.26 Å². The molecule has 0 saturated heterocycles. The summed E-state index contributed by atoms with van der Waals surface area (Å²) in [6.45, 7) is 4.43. The van der Waals surface area contributed by atoms with Gasteiger partial charge in [0.25, 0.3) is 0 Å². The van der Waals surface area contributed by atoms with Crippen molar-refractivity contribution >= 4 is 17.2 Å². The van der Waals surface area contributed by atoms with E-state index in [0.29, 0.717) is 12.1 Å². The number of nitrogens with zero attached hydrogens (tertiary/aromatic N) is 3.